The van der Waals surface area contributed by atoms with Gasteiger partial charge in [0.2, 0.25) is 0 Å². The summed E-state index contributed by atoms with van der Waals surface area (Å²) in [4.78, 5) is 8.94. The largest absolute Gasteiger partial charge is 0.393 e. The third kappa shape index (κ3) is 3.80. The molecule has 1 heterocycles. The van der Waals surface area contributed by atoms with Gasteiger partial charge >= 0.3 is 0 Å². The van der Waals surface area contributed by atoms with Crippen LogP contribution in [0.15, 0.2) is 6.07 Å². The van der Waals surface area contributed by atoms with Crippen molar-refractivity contribution in [3.63, 3.8) is 0 Å². The summed E-state index contributed by atoms with van der Waals surface area (Å²) in [6, 6.07) is 1.92. The number of anilines is 2. The molecule has 1 aromatic heterocycles. The maximum absolute atomic E-state index is 9.82. The topological polar surface area (TPSA) is 70.1 Å². The van der Waals surface area contributed by atoms with Crippen molar-refractivity contribution in [3.05, 3.63) is 11.9 Å². The average molecular weight is 264 g/mol. The van der Waals surface area contributed by atoms with Crippen LogP contribution in [0.25, 0.3) is 0 Å². The zero-order chi connectivity index (χ0) is 13.7. The first-order valence-electron chi connectivity index (χ1n) is 7.20. The molecule has 19 heavy (non-hydrogen) atoms. The average Bonchev–Trinajstić information content (AvgIpc) is 2.82. The van der Waals surface area contributed by atoms with E-state index in [2.05, 4.69) is 27.5 Å². The van der Waals surface area contributed by atoms with E-state index in [1.165, 1.54) is 0 Å². The zero-order valence-corrected chi connectivity index (χ0v) is 11.8. The molecule has 0 spiro atoms. The SMILES string of the molecule is CCCc1nc(NC)cc(NCC2CCCC2O)n1. The van der Waals surface area contributed by atoms with Gasteiger partial charge in [-0.25, -0.2) is 9.97 Å². The fourth-order valence-electron chi connectivity index (χ4n) is 2.54. The lowest BCUT2D eigenvalue weighted by Gasteiger charge is -2.16. The molecule has 2 unspecified atom stereocenters. The van der Waals surface area contributed by atoms with Crippen LogP contribution in [-0.4, -0.2) is 34.8 Å². The second kappa shape index (κ2) is 6.70. The van der Waals surface area contributed by atoms with Gasteiger partial charge in [0.05, 0.1) is 6.10 Å². The van der Waals surface area contributed by atoms with Gasteiger partial charge in [-0.15, -0.1) is 0 Å². The monoisotopic (exact) mass is 264 g/mol. The maximum Gasteiger partial charge on any atom is 0.133 e. The number of hydrogen-bond acceptors (Lipinski definition) is 5. The van der Waals surface area contributed by atoms with Crippen LogP contribution in [0.3, 0.4) is 0 Å². The van der Waals surface area contributed by atoms with E-state index < -0.39 is 0 Å². The summed E-state index contributed by atoms with van der Waals surface area (Å²) in [6.07, 6.45) is 4.91. The molecule has 0 amide bonds. The Morgan fingerprint density at radius 1 is 1.32 bits per heavy atom. The van der Waals surface area contributed by atoms with Gasteiger partial charge in [-0.2, -0.15) is 0 Å². The summed E-state index contributed by atoms with van der Waals surface area (Å²) in [5.41, 5.74) is 0. The van der Waals surface area contributed by atoms with Crippen molar-refractivity contribution in [2.24, 2.45) is 5.92 Å². The third-order valence-electron chi connectivity index (χ3n) is 3.67. The number of rotatable bonds is 6. The van der Waals surface area contributed by atoms with Crippen LogP contribution in [0.5, 0.6) is 0 Å². The number of nitrogens with zero attached hydrogens (tertiary/aromatic N) is 2. The first kappa shape index (κ1) is 14.1. The Bertz CT molecular complexity index is 410. The Morgan fingerprint density at radius 3 is 2.74 bits per heavy atom. The second-order valence-electron chi connectivity index (χ2n) is 5.19. The molecule has 0 radical (unpaired) electrons. The van der Waals surface area contributed by atoms with E-state index >= 15 is 0 Å². The van der Waals surface area contributed by atoms with E-state index in [0.717, 1.165) is 56.1 Å². The molecule has 1 aliphatic carbocycles. The molecule has 1 aliphatic rings. The standard InChI is InChI=1S/C14H24N4O/c1-3-5-12-17-13(15-2)8-14(18-12)16-9-10-6-4-7-11(10)19/h8,10-11,19H,3-7,9H2,1-2H3,(H2,15,16,17,18). The zero-order valence-electron chi connectivity index (χ0n) is 11.8. The minimum absolute atomic E-state index is 0.159. The quantitative estimate of drug-likeness (QED) is 0.733. The van der Waals surface area contributed by atoms with Gasteiger partial charge in [0.15, 0.2) is 0 Å². The van der Waals surface area contributed by atoms with Gasteiger partial charge in [-0.3, -0.25) is 0 Å². The van der Waals surface area contributed by atoms with E-state index in [1.54, 1.807) is 0 Å². The highest BCUT2D eigenvalue weighted by molar-refractivity contribution is 5.47. The molecular formula is C14H24N4O. The summed E-state index contributed by atoms with van der Waals surface area (Å²) in [6.45, 7) is 2.91. The Hall–Kier alpha value is -1.36. The van der Waals surface area contributed by atoms with Crippen molar-refractivity contribution in [2.75, 3.05) is 24.2 Å². The number of aliphatic hydroxyl groups is 1. The first-order valence-corrected chi connectivity index (χ1v) is 7.20. The maximum atomic E-state index is 9.82. The van der Waals surface area contributed by atoms with Crippen LogP contribution in [0, 0.1) is 5.92 Å². The van der Waals surface area contributed by atoms with Crippen LogP contribution < -0.4 is 10.6 Å². The molecule has 1 fully saturated rings. The third-order valence-corrected chi connectivity index (χ3v) is 3.67. The summed E-state index contributed by atoms with van der Waals surface area (Å²) in [5, 5.41) is 16.2. The lowest BCUT2D eigenvalue weighted by atomic mass is 10.1. The smallest absolute Gasteiger partial charge is 0.133 e. The number of nitrogens with one attached hydrogen (secondary N) is 2. The van der Waals surface area contributed by atoms with Gasteiger partial charge in [-0.05, 0) is 19.3 Å². The summed E-state index contributed by atoms with van der Waals surface area (Å²) >= 11 is 0. The van der Waals surface area contributed by atoms with Gasteiger partial charge in [0.25, 0.3) is 0 Å². The number of aliphatic hydroxyl groups excluding tert-OH is 1. The second-order valence-corrected chi connectivity index (χ2v) is 5.19. The van der Waals surface area contributed by atoms with E-state index in [1.807, 2.05) is 13.1 Å². The minimum Gasteiger partial charge on any atom is -0.393 e. The van der Waals surface area contributed by atoms with Crippen molar-refractivity contribution < 1.29 is 5.11 Å². The molecule has 106 valence electrons. The molecule has 0 aromatic carbocycles. The van der Waals surface area contributed by atoms with Crippen LogP contribution in [0.1, 0.15) is 38.4 Å². The highest BCUT2D eigenvalue weighted by Gasteiger charge is 2.24. The number of aryl methyl sites for hydroxylation is 1. The normalized spacial score (nSPS) is 22.5. The summed E-state index contributed by atoms with van der Waals surface area (Å²) < 4.78 is 0. The van der Waals surface area contributed by atoms with Crippen molar-refractivity contribution >= 4 is 11.6 Å². The lowest BCUT2D eigenvalue weighted by Crippen LogP contribution is -2.22. The van der Waals surface area contributed by atoms with E-state index in [0.29, 0.717) is 5.92 Å². The molecule has 5 nitrogen and oxygen atoms in total. The molecule has 5 heteroatoms. The predicted molar refractivity (Wildman–Crippen MR) is 77.4 cm³/mol. The van der Waals surface area contributed by atoms with Crippen molar-refractivity contribution in [1.82, 2.24) is 9.97 Å². The highest BCUT2D eigenvalue weighted by Crippen LogP contribution is 2.25. The van der Waals surface area contributed by atoms with Crippen molar-refractivity contribution in [2.45, 2.75) is 45.1 Å². The molecular weight excluding hydrogens is 240 g/mol. The fraction of sp³-hybridized carbons (Fsp3) is 0.714. The predicted octanol–water partition coefficient (Wildman–Crippen LogP) is 2.04. The minimum atomic E-state index is -0.159. The Balaban J connectivity index is 2.00. The van der Waals surface area contributed by atoms with Crippen LogP contribution in [0.2, 0.25) is 0 Å². The van der Waals surface area contributed by atoms with E-state index in [-0.39, 0.29) is 6.10 Å². The van der Waals surface area contributed by atoms with Gasteiger partial charge < -0.3 is 15.7 Å². The Kier molecular flexibility index (Phi) is 4.96. The Labute approximate surface area is 114 Å². The van der Waals surface area contributed by atoms with Crippen LogP contribution >= 0.6 is 0 Å². The lowest BCUT2D eigenvalue weighted by molar-refractivity contribution is 0.138. The number of hydrogen-bond donors (Lipinski definition) is 3. The molecule has 1 aromatic rings. The van der Waals surface area contributed by atoms with E-state index in [4.69, 9.17) is 0 Å². The molecule has 3 N–H and O–H groups in total. The van der Waals surface area contributed by atoms with Crippen LogP contribution in [-0.2, 0) is 6.42 Å². The highest BCUT2D eigenvalue weighted by atomic mass is 16.3. The Morgan fingerprint density at radius 2 is 2.11 bits per heavy atom. The number of aromatic nitrogens is 2. The van der Waals surface area contributed by atoms with Crippen molar-refractivity contribution in [1.29, 1.82) is 0 Å². The summed E-state index contributed by atoms with van der Waals surface area (Å²) in [5.74, 6) is 2.90. The summed E-state index contributed by atoms with van der Waals surface area (Å²) in [7, 11) is 1.86. The molecule has 0 bridgehead atoms. The van der Waals surface area contributed by atoms with Gasteiger partial charge in [-0.1, -0.05) is 13.3 Å². The van der Waals surface area contributed by atoms with Crippen LogP contribution in [0.4, 0.5) is 11.6 Å². The van der Waals surface area contributed by atoms with Crippen molar-refractivity contribution in [3.8, 4) is 0 Å². The molecule has 2 atom stereocenters. The molecule has 0 saturated heterocycles. The molecule has 1 saturated carbocycles. The fourth-order valence-corrected chi connectivity index (χ4v) is 2.54. The molecule has 0 aliphatic heterocycles. The molecule has 2 rings (SSSR count). The van der Waals surface area contributed by atoms with E-state index in [9.17, 15) is 5.11 Å². The first-order chi connectivity index (χ1) is 9.22. The van der Waals surface area contributed by atoms with Gasteiger partial charge in [0.1, 0.15) is 17.5 Å². The van der Waals surface area contributed by atoms with Gasteiger partial charge in [0, 0.05) is 32.0 Å².